The Morgan fingerprint density at radius 1 is 1.29 bits per heavy atom. The lowest BCUT2D eigenvalue weighted by Gasteiger charge is -2.42. The Kier molecular flexibility index (Phi) is 9.31. The predicted octanol–water partition coefficient (Wildman–Crippen LogP) is 2.16. The van der Waals surface area contributed by atoms with Crippen LogP contribution in [0.2, 0.25) is 0 Å². The van der Waals surface area contributed by atoms with Gasteiger partial charge in [0.15, 0.2) is 0 Å². The van der Waals surface area contributed by atoms with Crippen molar-refractivity contribution >= 4 is 39.4 Å². The molecule has 0 bridgehead atoms. The standard InChI is InChI=1S/C24H36N4O4S2/c1-4-5-10-18(23(31)32)27-21(29)19-11-15-8-6-7-9-16(15)13-28(19)22(30)20-24(2,3)34-33-14-17(25)12-26-20/h6-9,17-20,26H,4-5,10-14,25H2,1-3H3,(H,27,29)(H,31,32)/t17-,18+,19+,20-/m1/s1. The first-order valence-electron chi connectivity index (χ1n) is 11.8. The number of unbranched alkanes of at least 4 members (excludes halogenated alkanes) is 1. The van der Waals surface area contributed by atoms with Gasteiger partial charge < -0.3 is 26.4 Å². The summed E-state index contributed by atoms with van der Waals surface area (Å²) in [7, 11) is 3.29. The maximum Gasteiger partial charge on any atom is 0.326 e. The number of carboxylic acids is 1. The normalized spacial score (nSPS) is 25.4. The SMILES string of the molecule is CCCC[C@H](NC(=O)[C@@H]1Cc2ccccc2CN1C(=O)[C@H]1NC[C@@H](N)CSSC1(C)C)C(=O)O. The highest BCUT2D eigenvalue weighted by molar-refractivity contribution is 8.77. The molecule has 0 spiro atoms. The Morgan fingerprint density at radius 2 is 2.00 bits per heavy atom. The number of hydrogen-bond donors (Lipinski definition) is 4. The highest BCUT2D eigenvalue weighted by Crippen LogP contribution is 2.40. The Balaban J connectivity index is 1.89. The van der Waals surface area contributed by atoms with Crippen LogP contribution in [0.5, 0.6) is 0 Å². The summed E-state index contributed by atoms with van der Waals surface area (Å²) in [6.45, 7) is 6.83. The van der Waals surface area contributed by atoms with Crippen LogP contribution in [0.25, 0.3) is 0 Å². The van der Waals surface area contributed by atoms with E-state index in [2.05, 4.69) is 10.6 Å². The minimum absolute atomic E-state index is 0.0695. The highest BCUT2D eigenvalue weighted by Gasteiger charge is 2.44. The molecule has 3 rings (SSSR count). The van der Waals surface area contributed by atoms with E-state index in [0.29, 0.717) is 32.4 Å². The lowest BCUT2D eigenvalue weighted by Crippen LogP contribution is -2.63. The van der Waals surface area contributed by atoms with E-state index in [9.17, 15) is 19.5 Å². The molecule has 2 amide bonds. The van der Waals surface area contributed by atoms with Crippen molar-refractivity contribution in [3.63, 3.8) is 0 Å². The van der Waals surface area contributed by atoms with Crippen molar-refractivity contribution in [1.29, 1.82) is 0 Å². The van der Waals surface area contributed by atoms with E-state index in [1.807, 2.05) is 45.0 Å². The molecule has 2 aliphatic heterocycles. The molecule has 0 aliphatic carbocycles. The second-order valence-electron chi connectivity index (χ2n) is 9.57. The van der Waals surface area contributed by atoms with Gasteiger partial charge in [-0.1, -0.05) is 65.6 Å². The number of carbonyl (C=O) groups is 3. The van der Waals surface area contributed by atoms with Crippen LogP contribution in [0.3, 0.4) is 0 Å². The zero-order valence-corrected chi connectivity index (χ0v) is 21.7. The molecular formula is C24H36N4O4S2. The molecule has 4 atom stereocenters. The van der Waals surface area contributed by atoms with E-state index in [-0.39, 0.29) is 11.9 Å². The van der Waals surface area contributed by atoms with Crippen LogP contribution in [-0.2, 0) is 27.3 Å². The smallest absolute Gasteiger partial charge is 0.326 e. The first-order chi connectivity index (χ1) is 16.1. The van der Waals surface area contributed by atoms with Gasteiger partial charge in [0.2, 0.25) is 11.8 Å². The van der Waals surface area contributed by atoms with E-state index in [1.165, 1.54) is 0 Å². The molecule has 8 nitrogen and oxygen atoms in total. The maximum atomic E-state index is 14.0. The van der Waals surface area contributed by atoms with E-state index >= 15 is 0 Å². The zero-order valence-electron chi connectivity index (χ0n) is 20.1. The van der Waals surface area contributed by atoms with Crippen LogP contribution in [-0.4, -0.2) is 69.0 Å². The van der Waals surface area contributed by atoms with Crippen LogP contribution in [0.1, 0.15) is 51.2 Å². The minimum atomic E-state index is -1.05. The lowest BCUT2D eigenvalue weighted by molar-refractivity contribution is -0.146. The van der Waals surface area contributed by atoms with Crippen molar-refractivity contribution in [2.24, 2.45) is 5.73 Å². The van der Waals surface area contributed by atoms with Crippen LogP contribution in [0.15, 0.2) is 24.3 Å². The van der Waals surface area contributed by atoms with Crippen LogP contribution in [0, 0.1) is 0 Å². The number of carbonyl (C=O) groups excluding carboxylic acids is 2. The number of carboxylic acid groups (broad SMARTS) is 1. The van der Waals surface area contributed by atoms with Gasteiger partial charge in [-0.2, -0.15) is 0 Å². The maximum absolute atomic E-state index is 14.0. The molecule has 188 valence electrons. The number of amides is 2. The molecule has 0 saturated carbocycles. The molecule has 1 aromatic rings. The van der Waals surface area contributed by atoms with Crippen LogP contribution in [0.4, 0.5) is 0 Å². The number of nitrogens with zero attached hydrogens (tertiary/aromatic N) is 1. The summed E-state index contributed by atoms with van der Waals surface area (Å²) in [6, 6.07) is 5.43. The molecule has 1 aromatic carbocycles. The van der Waals surface area contributed by atoms with Gasteiger partial charge in [0, 0.05) is 36.1 Å². The third kappa shape index (κ3) is 6.47. The number of hydrogen-bond acceptors (Lipinski definition) is 7. The Bertz CT molecular complexity index is 897. The number of benzene rings is 1. The second kappa shape index (κ2) is 11.8. The van der Waals surface area contributed by atoms with E-state index in [0.717, 1.165) is 23.3 Å². The summed E-state index contributed by atoms with van der Waals surface area (Å²) in [5.41, 5.74) is 8.16. The summed E-state index contributed by atoms with van der Waals surface area (Å²) in [5.74, 6) is -0.851. The number of nitrogens with one attached hydrogen (secondary N) is 2. The first-order valence-corrected chi connectivity index (χ1v) is 14.2. The van der Waals surface area contributed by atoms with Crippen molar-refractivity contribution in [3.05, 3.63) is 35.4 Å². The molecule has 2 aliphatic rings. The molecule has 1 saturated heterocycles. The number of rotatable bonds is 7. The van der Waals surface area contributed by atoms with E-state index < -0.39 is 34.7 Å². The largest absolute Gasteiger partial charge is 0.480 e. The van der Waals surface area contributed by atoms with Gasteiger partial charge in [0.1, 0.15) is 18.1 Å². The fraction of sp³-hybridized carbons (Fsp3) is 0.625. The third-order valence-electron chi connectivity index (χ3n) is 6.38. The fourth-order valence-electron chi connectivity index (χ4n) is 4.37. The van der Waals surface area contributed by atoms with Crippen LogP contribution < -0.4 is 16.4 Å². The Labute approximate surface area is 209 Å². The number of aliphatic carboxylic acids is 1. The van der Waals surface area contributed by atoms with Crippen molar-refractivity contribution in [1.82, 2.24) is 15.5 Å². The van der Waals surface area contributed by atoms with Gasteiger partial charge in [0.05, 0.1) is 0 Å². The summed E-state index contributed by atoms with van der Waals surface area (Å²) in [4.78, 5) is 40.7. The summed E-state index contributed by atoms with van der Waals surface area (Å²) >= 11 is 0. The van der Waals surface area contributed by atoms with Gasteiger partial charge in [-0.25, -0.2) is 4.79 Å². The van der Waals surface area contributed by atoms with Crippen molar-refractivity contribution in [2.75, 3.05) is 12.3 Å². The first kappa shape index (κ1) is 26.8. The highest BCUT2D eigenvalue weighted by atomic mass is 33.1. The van der Waals surface area contributed by atoms with E-state index in [1.54, 1.807) is 26.5 Å². The molecule has 0 unspecified atom stereocenters. The summed E-state index contributed by atoms with van der Waals surface area (Å²) < 4.78 is -0.426. The van der Waals surface area contributed by atoms with Gasteiger partial charge in [0.25, 0.3) is 0 Å². The van der Waals surface area contributed by atoms with Crippen LogP contribution >= 0.6 is 21.6 Å². The molecule has 5 N–H and O–H groups in total. The molecule has 1 fully saturated rings. The molecule has 10 heteroatoms. The summed E-state index contributed by atoms with van der Waals surface area (Å²) in [5, 5.41) is 15.7. The minimum Gasteiger partial charge on any atom is -0.480 e. The topological polar surface area (TPSA) is 125 Å². The number of fused-ring (bicyclic) bond motifs is 1. The molecule has 2 heterocycles. The lowest BCUT2D eigenvalue weighted by atomic mass is 9.91. The van der Waals surface area contributed by atoms with Crippen molar-refractivity contribution < 1.29 is 19.5 Å². The third-order valence-corrected chi connectivity index (χ3v) is 9.78. The number of nitrogens with two attached hydrogens (primary N) is 1. The average Bonchev–Trinajstić information content (AvgIpc) is 2.79. The molecule has 0 aromatic heterocycles. The van der Waals surface area contributed by atoms with Gasteiger partial charge >= 0.3 is 5.97 Å². The fourth-order valence-corrected chi connectivity index (χ4v) is 7.24. The predicted molar refractivity (Wildman–Crippen MR) is 137 cm³/mol. The zero-order chi connectivity index (χ0) is 24.9. The second-order valence-corrected chi connectivity index (χ2v) is 12.6. The van der Waals surface area contributed by atoms with Gasteiger partial charge in [-0.05, 0) is 31.4 Å². The Hall–Kier alpha value is -1.75. The summed E-state index contributed by atoms with van der Waals surface area (Å²) in [6.07, 6.45) is 2.24. The average molecular weight is 509 g/mol. The quantitative estimate of drug-likeness (QED) is 0.413. The molecular weight excluding hydrogens is 472 g/mol. The van der Waals surface area contributed by atoms with Gasteiger partial charge in [-0.3, -0.25) is 9.59 Å². The van der Waals surface area contributed by atoms with Gasteiger partial charge in [-0.15, -0.1) is 0 Å². The molecule has 34 heavy (non-hydrogen) atoms. The monoisotopic (exact) mass is 508 g/mol. The molecule has 0 radical (unpaired) electrons. The van der Waals surface area contributed by atoms with Crippen molar-refractivity contribution in [3.8, 4) is 0 Å². The van der Waals surface area contributed by atoms with Crippen molar-refractivity contribution in [2.45, 2.75) is 81.9 Å². The van der Waals surface area contributed by atoms with E-state index in [4.69, 9.17) is 5.73 Å². The Morgan fingerprint density at radius 3 is 2.68 bits per heavy atom.